The molecule has 3 aromatic heterocycles. The van der Waals surface area contributed by atoms with Crippen LogP contribution in [-0.2, 0) is 6.42 Å². The molecule has 7 heteroatoms. The van der Waals surface area contributed by atoms with Crippen molar-refractivity contribution in [2.24, 2.45) is 0 Å². The van der Waals surface area contributed by atoms with Crippen LogP contribution in [0.3, 0.4) is 0 Å². The van der Waals surface area contributed by atoms with Gasteiger partial charge in [0.2, 0.25) is 5.82 Å². The van der Waals surface area contributed by atoms with Gasteiger partial charge in [-0.2, -0.15) is 0 Å². The summed E-state index contributed by atoms with van der Waals surface area (Å²) in [6.07, 6.45) is 6.99. The summed E-state index contributed by atoms with van der Waals surface area (Å²) in [5.41, 5.74) is 5.23. The second kappa shape index (κ2) is 7.82. The van der Waals surface area contributed by atoms with Crippen molar-refractivity contribution in [2.45, 2.75) is 44.4 Å². The third-order valence-corrected chi connectivity index (χ3v) is 6.01. The number of benzene rings is 1. The Morgan fingerprint density at radius 2 is 2.00 bits per heavy atom. The molecule has 0 unspecified atom stereocenters. The Balaban J connectivity index is 1.56. The molecule has 3 heterocycles. The summed E-state index contributed by atoms with van der Waals surface area (Å²) in [4.78, 5) is 22.3. The molecule has 0 amide bonds. The quantitative estimate of drug-likeness (QED) is 0.508. The zero-order chi connectivity index (χ0) is 20.5. The van der Waals surface area contributed by atoms with E-state index in [9.17, 15) is 4.79 Å². The normalized spacial score (nSPS) is 15.0. The van der Waals surface area contributed by atoms with E-state index in [1.54, 1.807) is 7.11 Å². The predicted molar refractivity (Wildman–Crippen MR) is 114 cm³/mol. The Labute approximate surface area is 173 Å². The van der Waals surface area contributed by atoms with Crippen LogP contribution in [-0.4, -0.2) is 27.2 Å². The number of pyridine rings is 1. The van der Waals surface area contributed by atoms with Crippen LogP contribution >= 0.6 is 0 Å². The molecule has 0 spiro atoms. The highest BCUT2D eigenvalue weighted by Gasteiger charge is 2.23. The van der Waals surface area contributed by atoms with Crippen molar-refractivity contribution in [3.63, 3.8) is 0 Å². The van der Waals surface area contributed by atoms with Gasteiger partial charge >= 0.3 is 5.76 Å². The van der Waals surface area contributed by atoms with Gasteiger partial charge in [-0.05, 0) is 48.6 Å². The number of methoxy groups -OCH3 is 1. The third-order valence-electron chi connectivity index (χ3n) is 6.01. The topological polar surface area (TPSA) is 96.8 Å². The van der Waals surface area contributed by atoms with Gasteiger partial charge in [0.15, 0.2) is 0 Å². The molecule has 0 bridgehead atoms. The van der Waals surface area contributed by atoms with Gasteiger partial charge in [0, 0.05) is 34.8 Å². The second-order valence-corrected chi connectivity index (χ2v) is 7.90. The summed E-state index contributed by atoms with van der Waals surface area (Å²) in [7, 11) is 1.69. The maximum Gasteiger partial charge on any atom is 0.439 e. The number of hydrogen-bond donors (Lipinski definition) is 2. The highest BCUT2D eigenvalue weighted by atomic mass is 16.5. The first-order valence-electron chi connectivity index (χ1n) is 10.4. The van der Waals surface area contributed by atoms with Crippen LogP contribution in [0.4, 0.5) is 0 Å². The number of nitrogens with one attached hydrogen (secondary N) is 2. The second-order valence-electron chi connectivity index (χ2n) is 7.90. The van der Waals surface area contributed by atoms with Gasteiger partial charge in [0.05, 0.1) is 7.11 Å². The highest BCUT2D eigenvalue weighted by molar-refractivity contribution is 5.86. The fourth-order valence-electron chi connectivity index (χ4n) is 4.54. The number of fused-ring (bicyclic) bond motifs is 1. The van der Waals surface area contributed by atoms with Crippen molar-refractivity contribution in [3.05, 3.63) is 63.9 Å². The van der Waals surface area contributed by atoms with E-state index in [-0.39, 0.29) is 0 Å². The number of nitrogens with zero attached hydrogens (tertiary/aromatic N) is 2. The fraction of sp³-hybridized carbons (Fsp3) is 0.348. The van der Waals surface area contributed by atoms with Crippen molar-refractivity contribution < 1.29 is 9.26 Å². The summed E-state index contributed by atoms with van der Waals surface area (Å²) in [6, 6.07) is 12.0. The van der Waals surface area contributed by atoms with Crippen molar-refractivity contribution in [1.82, 2.24) is 20.1 Å². The van der Waals surface area contributed by atoms with Crippen LogP contribution in [0.5, 0.6) is 5.75 Å². The molecular weight excluding hydrogens is 380 g/mol. The molecule has 1 aliphatic carbocycles. The number of aromatic amines is 2. The van der Waals surface area contributed by atoms with Crippen molar-refractivity contribution in [2.75, 3.05) is 7.11 Å². The van der Waals surface area contributed by atoms with E-state index in [0.29, 0.717) is 23.9 Å². The van der Waals surface area contributed by atoms with Gasteiger partial charge in [0.1, 0.15) is 11.4 Å². The van der Waals surface area contributed by atoms with Crippen LogP contribution in [0.15, 0.2) is 45.7 Å². The maximum absolute atomic E-state index is 11.3. The van der Waals surface area contributed by atoms with E-state index in [1.807, 2.05) is 24.3 Å². The summed E-state index contributed by atoms with van der Waals surface area (Å²) in [5.74, 6) is 1.16. The Bertz CT molecular complexity index is 1230. The SMILES string of the molecule is COc1ccc2c(Cc3cccc(-c4noc(=O)[nH]4)n3)c(C3CCCCC3)[nH]c2c1. The van der Waals surface area contributed by atoms with E-state index in [2.05, 4.69) is 31.8 Å². The number of ether oxygens (including phenoxy) is 1. The van der Waals surface area contributed by atoms with Crippen LogP contribution < -0.4 is 10.5 Å². The van der Waals surface area contributed by atoms with Crippen LogP contribution in [0.2, 0.25) is 0 Å². The fourth-order valence-corrected chi connectivity index (χ4v) is 4.54. The lowest BCUT2D eigenvalue weighted by molar-refractivity contribution is 0.387. The lowest BCUT2D eigenvalue weighted by Gasteiger charge is -2.22. The van der Waals surface area contributed by atoms with E-state index < -0.39 is 5.76 Å². The first-order valence-corrected chi connectivity index (χ1v) is 10.4. The van der Waals surface area contributed by atoms with E-state index in [4.69, 9.17) is 9.72 Å². The molecule has 1 aliphatic rings. The monoisotopic (exact) mass is 404 g/mol. The molecule has 1 aromatic carbocycles. The van der Waals surface area contributed by atoms with Gasteiger partial charge in [-0.1, -0.05) is 30.5 Å². The summed E-state index contributed by atoms with van der Waals surface area (Å²) >= 11 is 0. The van der Waals surface area contributed by atoms with Crippen molar-refractivity contribution in [1.29, 1.82) is 0 Å². The molecule has 0 saturated heterocycles. The Kier molecular flexibility index (Phi) is 4.86. The third kappa shape index (κ3) is 3.51. The molecule has 1 fully saturated rings. The van der Waals surface area contributed by atoms with Crippen LogP contribution in [0.25, 0.3) is 22.4 Å². The number of rotatable bonds is 5. The lowest BCUT2D eigenvalue weighted by atomic mass is 9.84. The molecule has 7 nitrogen and oxygen atoms in total. The van der Waals surface area contributed by atoms with Gasteiger partial charge in [-0.15, -0.1) is 0 Å². The molecule has 4 aromatic rings. The number of hydrogen-bond acceptors (Lipinski definition) is 5. The minimum atomic E-state index is -0.581. The first-order chi connectivity index (χ1) is 14.7. The Hall–Kier alpha value is -3.35. The minimum Gasteiger partial charge on any atom is -0.497 e. The smallest absolute Gasteiger partial charge is 0.439 e. The Morgan fingerprint density at radius 1 is 1.13 bits per heavy atom. The maximum atomic E-state index is 11.3. The molecule has 154 valence electrons. The van der Waals surface area contributed by atoms with Gasteiger partial charge in [-0.3, -0.25) is 9.51 Å². The molecule has 0 atom stereocenters. The standard InChI is InChI=1S/C23H24N4O3/c1-29-16-10-11-17-18(21(25-20(17)13-16)14-6-3-2-4-7-14)12-15-8-5-9-19(24-15)22-26-23(28)30-27-22/h5,8-11,13-14,25H,2-4,6-7,12H2,1H3,(H,26,27,28). The average molecular weight is 404 g/mol. The van der Waals surface area contributed by atoms with E-state index >= 15 is 0 Å². The molecule has 1 saturated carbocycles. The highest BCUT2D eigenvalue weighted by Crippen LogP contribution is 2.38. The van der Waals surface area contributed by atoms with Crippen LogP contribution in [0.1, 0.15) is 55.0 Å². The number of H-pyrrole nitrogens is 2. The molecule has 5 rings (SSSR count). The summed E-state index contributed by atoms with van der Waals surface area (Å²) in [5, 5.41) is 4.97. The van der Waals surface area contributed by atoms with Gasteiger partial charge in [-0.25, -0.2) is 9.78 Å². The van der Waals surface area contributed by atoms with E-state index in [0.717, 1.165) is 17.0 Å². The molecular formula is C23H24N4O3. The van der Waals surface area contributed by atoms with Gasteiger partial charge in [0.25, 0.3) is 0 Å². The van der Waals surface area contributed by atoms with Gasteiger partial charge < -0.3 is 9.72 Å². The summed E-state index contributed by atoms with van der Waals surface area (Å²) < 4.78 is 10.0. The minimum absolute atomic E-state index is 0.345. The zero-order valence-electron chi connectivity index (χ0n) is 16.9. The van der Waals surface area contributed by atoms with E-state index in [1.165, 1.54) is 48.7 Å². The van der Waals surface area contributed by atoms with Crippen molar-refractivity contribution >= 4 is 10.9 Å². The summed E-state index contributed by atoms with van der Waals surface area (Å²) in [6.45, 7) is 0. The van der Waals surface area contributed by atoms with Crippen molar-refractivity contribution in [3.8, 4) is 17.3 Å². The first kappa shape index (κ1) is 18.7. The molecule has 2 N–H and O–H groups in total. The van der Waals surface area contributed by atoms with Crippen LogP contribution in [0, 0.1) is 0 Å². The lowest BCUT2D eigenvalue weighted by Crippen LogP contribution is -2.08. The average Bonchev–Trinajstić information content (AvgIpc) is 3.38. The largest absolute Gasteiger partial charge is 0.497 e. The Morgan fingerprint density at radius 3 is 2.77 bits per heavy atom. The predicted octanol–water partition coefficient (Wildman–Crippen LogP) is 4.55. The molecule has 0 radical (unpaired) electrons. The zero-order valence-corrected chi connectivity index (χ0v) is 16.9. The molecule has 30 heavy (non-hydrogen) atoms. The molecule has 0 aliphatic heterocycles. The number of aromatic nitrogens is 4.